The first kappa shape index (κ1) is 25.3. The van der Waals surface area contributed by atoms with Crippen molar-refractivity contribution in [2.75, 3.05) is 5.32 Å². The van der Waals surface area contributed by atoms with Crippen molar-refractivity contribution < 1.29 is 4.79 Å². The van der Waals surface area contributed by atoms with Crippen LogP contribution in [0.5, 0.6) is 0 Å². The Morgan fingerprint density at radius 1 is 0.892 bits per heavy atom. The Kier molecular flexibility index (Phi) is 7.74. The third-order valence-electron chi connectivity index (χ3n) is 5.79. The quantitative estimate of drug-likeness (QED) is 0.204. The third kappa shape index (κ3) is 6.13. The molecule has 0 aliphatic carbocycles. The molecular weight excluding hydrogens is 573 g/mol. The van der Waals surface area contributed by atoms with Gasteiger partial charge >= 0.3 is 0 Å². The molecule has 2 heterocycles. The molecule has 5 aromatic rings. The van der Waals surface area contributed by atoms with Gasteiger partial charge in [-0.05, 0) is 50.8 Å². The first-order valence-corrected chi connectivity index (χ1v) is 13.1. The second-order valence-electron chi connectivity index (χ2n) is 8.49. The van der Waals surface area contributed by atoms with Gasteiger partial charge in [0.15, 0.2) is 5.65 Å². The number of carbonyl (C=O) groups excluding carboxylic acids is 1. The van der Waals surface area contributed by atoms with Crippen molar-refractivity contribution >= 4 is 56.5 Å². The number of amides is 1. The van der Waals surface area contributed by atoms with E-state index in [4.69, 9.17) is 28.2 Å². The maximum absolute atomic E-state index is 12.4. The van der Waals surface area contributed by atoms with Crippen LogP contribution in [0.15, 0.2) is 89.5 Å². The highest BCUT2D eigenvalue weighted by Crippen LogP contribution is 2.30. The molecule has 2 N–H and O–H groups in total. The van der Waals surface area contributed by atoms with E-state index in [9.17, 15) is 4.79 Å². The van der Waals surface area contributed by atoms with Crippen molar-refractivity contribution in [3.05, 3.63) is 116 Å². The molecular formula is C28H22BrCl2N5O. The van der Waals surface area contributed by atoms with Gasteiger partial charge in [0.05, 0.1) is 22.8 Å². The van der Waals surface area contributed by atoms with Crippen LogP contribution in [0.3, 0.4) is 0 Å². The predicted molar refractivity (Wildman–Crippen MR) is 152 cm³/mol. The summed E-state index contributed by atoms with van der Waals surface area (Å²) in [5, 5.41) is 12.2. The number of halogens is 3. The summed E-state index contributed by atoms with van der Waals surface area (Å²) < 4.78 is 2.55. The topological polar surface area (TPSA) is 71.3 Å². The van der Waals surface area contributed by atoms with Crippen LogP contribution in [0, 0.1) is 0 Å². The van der Waals surface area contributed by atoms with Crippen LogP contribution in [-0.4, -0.2) is 20.5 Å². The van der Waals surface area contributed by atoms with Crippen molar-refractivity contribution in [2.45, 2.75) is 19.5 Å². The molecule has 186 valence electrons. The van der Waals surface area contributed by atoms with Crippen molar-refractivity contribution in [1.29, 1.82) is 0 Å². The molecule has 2 aromatic heterocycles. The third-order valence-corrected chi connectivity index (χ3v) is 6.91. The molecule has 1 amide bonds. The van der Waals surface area contributed by atoms with Gasteiger partial charge in [0.1, 0.15) is 5.82 Å². The first-order valence-electron chi connectivity index (χ1n) is 11.6. The first-order chi connectivity index (χ1) is 18.0. The molecule has 0 radical (unpaired) electrons. The Labute approximate surface area is 232 Å². The number of anilines is 1. The molecule has 3 aromatic carbocycles. The van der Waals surface area contributed by atoms with E-state index < -0.39 is 0 Å². The number of nitrogens with one attached hydrogen (secondary N) is 2. The number of rotatable bonds is 8. The van der Waals surface area contributed by atoms with Crippen LogP contribution < -0.4 is 10.6 Å². The van der Waals surface area contributed by atoms with Crippen molar-refractivity contribution in [3.8, 4) is 11.3 Å². The standard InChI is InChI=1S/C28H22BrCl2N5O/c29-23-17-34-36-26(14-25(35-28(23)36)22-9-1-2-10-24(22)31)32-15-19-6-3-7-20(11-19)16-33-27(37)13-18-5-4-8-21(30)12-18/h1-12,14,17,32H,13,15-16H2,(H,33,37). The van der Waals surface area contributed by atoms with Crippen LogP contribution in [0.25, 0.3) is 16.9 Å². The van der Waals surface area contributed by atoms with E-state index in [-0.39, 0.29) is 12.3 Å². The molecule has 0 atom stereocenters. The van der Waals surface area contributed by atoms with Gasteiger partial charge in [-0.2, -0.15) is 9.61 Å². The normalized spacial score (nSPS) is 11.0. The van der Waals surface area contributed by atoms with Gasteiger partial charge in [-0.15, -0.1) is 0 Å². The fourth-order valence-corrected chi connectivity index (χ4v) is 4.80. The Hall–Kier alpha value is -3.39. The van der Waals surface area contributed by atoms with Crippen LogP contribution in [0.4, 0.5) is 5.82 Å². The molecule has 6 nitrogen and oxygen atoms in total. The average Bonchev–Trinajstić information content (AvgIpc) is 3.27. The summed E-state index contributed by atoms with van der Waals surface area (Å²) in [5.74, 6) is 0.729. The van der Waals surface area contributed by atoms with E-state index in [0.717, 1.165) is 38.2 Å². The fourth-order valence-electron chi connectivity index (χ4n) is 4.01. The lowest BCUT2D eigenvalue weighted by Gasteiger charge is -2.12. The van der Waals surface area contributed by atoms with Gasteiger partial charge in [0.2, 0.25) is 5.91 Å². The minimum atomic E-state index is -0.0543. The number of fused-ring (bicyclic) bond motifs is 1. The molecule has 0 fully saturated rings. The van der Waals surface area contributed by atoms with Crippen LogP contribution >= 0.6 is 39.1 Å². The number of nitrogens with zero attached hydrogens (tertiary/aromatic N) is 3. The molecule has 0 spiro atoms. The molecule has 0 bridgehead atoms. The summed E-state index contributed by atoms with van der Waals surface area (Å²) in [6.45, 7) is 0.998. The second-order valence-corrected chi connectivity index (χ2v) is 10.2. The highest BCUT2D eigenvalue weighted by Gasteiger charge is 2.13. The van der Waals surface area contributed by atoms with E-state index in [2.05, 4.69) is 37.7 Å². The van der Waals surface area contributed by atoms with Gasteiger partial charge in [-0.1, -0.05) is 77.8 Å². The fraction of sp³-hybridized carbons (Fsp3) is 0.107. The van der Waals surface area contributed by atoms with Crippen molar-refractivity contribution in [3.63, 3.8) is 0 Å². The molecule has 0 saturated carbocycles. The molecule has 0 aliphatic heterocycles. The summed E-state index contributed by atoms with van der Waals surface area (Å²) in [6.07, 6.45) is 2.00. The molecule has 0 saturated heterocycles. The van der Waals surface area contributed by atoms with Gasteiger partial charge < -0.3 is 10.6 Å². The maximum atomic E-state index is 12.4. The van der Waals surface area contributed by atoms with Gasteiger partial charge in [0.25, 0.3) is 0 Å². The predicted octanol–water partition coefficient (Wildman–Crippen LogP) is 6.94. The lowest BCUT2D eigenvalue weighted by molar-refractivity contribution is -0.120. The molecule has 37 heavy (non-hydrogen) atoms. The minimum absolute atomic E-state index is 0.0543. The van der Waals surface area contributed by atoms with E-state index >= 15 is 0 Å². The van der Waals surface area contributed by atoms with Crippen LogP contribution in [-0.2, 0) is 24.3 Å². The van der Waals surface area contributed by atoms with Crippen molar-refractivity contribution in [1.82, 2.24) is 19.9 Å². The Morgan fingerprint density at radius 2 is 1.65 bits per heavy atom. The number of carbonyl (C=O) groups is 1. The highest BCUT2D eigenvalue weighted by atomic mass is 79.9. The number of hydrogen-bond acceptors (Lipinski definition) is 4. The van der Waals surface area contributed by atoms with Crippen LogP contribution in [0.1, 0.15) is 16.7 Å². The van der Waals surface area contributed by atoms with Crippen molar-refractivity contribution in [2.24, 2.45) is 0 Å². The minimum Gasteiger partial charge on any atom is -0.366 e. The second kappa shape index (κ2) is 11.3. The zero-order chi connectivity index (χ0) is 25.8. The zero-order valence-electron chi connectivity index (χ0n) is 19.6. The van der Waals surface area contributed by atoms with E-state index in [1.807, 2.05) is 60.7 Å². The largest absolute Gasteiger partial charge is 0.366 e. The zero-order valence-corrected chi connectivity index (χ0v) is 22.7. The average molecular weight is 595 g/mol. The van der Waals surface area contributed by atoms with Gasteiger partial charge in [-0.3, -0.25) is 4.79 Å². The highest BCUT2D eigenvalue weighted by molar-refractivity contribution is 9.10. The molecule has 5 rings (SSSR count). The molecule has 0 unspecified atom stereocenters. The SMILES string of the molecule is O=C(Cc1cccc(Cl)c1)NCc1cccc(CNc2cc(-c3ccccc3Cl)nc3c(Br)cnn23)c1. The van der Waals surface area contributed by atoms with E-state index in [1.165, 1.54) is 0 Å². The number of hydrogen-bond donors (Lipinski definition) is 2. The van der Waals surface area contributed by atoms with E-state index in [1.54, 1.807) is 22.8 Å². The number of aromatic nitrogens is 3. The smallest absolute Gasteiger partial charge is 0.224 e. The summed E-state index contributed by atoms with van der Waals surface area (Å²) in [6, 6.07) is 25.0. The molecule has 0 aliphatic rings. The molecule has 9 heteroatoms. The Morgan fingerprint density at radius 3 is 2.46 bits per heavy atom. The lowest BCUT2D eigenvalue weighted by Crippen LogP contribution is -2.24. The Bertz CT molecular complexity index is 1590. The number of benzene rings is 3. The summed E-state index contributed by atoms with van der Waals surface area (Å²) in [7, 11) is 0. The Balaban J connectivity index is 1.29. The lowest BCUT2D eigenvalue weighted by atomic mass is 10.1. The van der Waals surface area contributed by atoms with Gasteiger partial charge in [0, 0.05) is 34.8 Å². The summed E-state index contributed by atoms with van der Waals surface area (Å²) in [4.78, 5) is 17.1. The summed E-state index contributed by atoms with van der Waals surface area (Å²) in [5.41, 5.74) is 5.25. The summed E-state index contributed by atoms with van der Waals surface area (Å²) >= 11 is 16.0. The van der Waals surface area contributed by atoms with E-state index in [0.29, 0.717) is 28.8 Å². The monoisotopic (exact) mass is 593 g/mol. The maximum Gasteiger partial charge on any atom is 0.224 e. The van der Waals surface area contributed by atoms with Gasteiger partial charge in [-0.25, -0.2) is 4.98 Å². The van der Waals surface area contributed by atoms with Crippen LogP contribution in [0.2, 0.25) is 10.0 Å².